The normalized spacial score (nSPS) is 13.5. The van der Waals surface area contributed by atoms with Gasteiger partial charge < -0.3 is 5.73 Å². The van der Waals surface area contributed by atoms with Gasteiger partial charge in [0.15, 0.2) is 0 Å². The first kappa shape index (κ1) is 14.3. The fourth-order valence-corrected chi connectivity index (χ4v) is 3.28. The van der Waals surface area contributed by atoms with E-state index in [4.69, 9.17) is 5.73 Å². The van der Waals surface area contributed by atoms with Gasteiger partial charge in [-0.15, -0.1) is 11.3 Å². The quantitative estimate of drug-likeness (QED) is 0.865. The maximum atomic E-state index is 6.41. The summed E-state index contributed by atoms with van der Waals surface area (Å²) < 4.78 is 0. The van der Waals surface area contributed by atoms with Crippen LogP contribution in [-0.4, -0.2) is 0 Å². The van der Waals surface area contributed by atoms with Gasteiger partial charge in [0.1, 0.15) is 0 Å². The summed E-state index contributed by atoms with van der Waals surface area (Å²) in [5.41, 5.74) is 10.5. The Morgan fingerprint density at radius 1 is 1.11 bits per heavy atom. The first-order chi connectivity index (χ1) is 8.93. The van der Waals surface area contributed by atoms with Crippen molar-refractivity contribution in [3.63, 3.8) is 0 Å². The maximum absolute atomic E-state index is 6.41. The van der Waals surface area contributed by atoms with Crippen LogP contribution in [0.15, 0.2) is 35.7 Å². The molecule has 2 N–H and O–H groups in total. The van der Waals surface area contributed by atoms with Crippen LogP contribution >= 0.6 is 11.3 Å². The number of aryl methyl sites for hydroxylation is 1. The molecular formula is C17H23NS. The third-order valence-electron chi connectivity index (χ3n) is 3.58. The van der Waals surface area contributed by atoms with Crippen molar-refractivity contribution >= 4 is 11.3 Å². The van der Waals surface area contributed by atoms with Crippen molar-refractivity contribution < 1.29 is 0 Å². The van der Waals surface area contributed by atoms with Crippen LogP contribution in [0.3, 0.4) is 0 Å². The third-order valence-corrected chi connectivity index (χ3v) is 4.62. The third kappa shape index (κ3) is 3.07. The minimum atomic E-state index is 0.00367. The first-order valence-corrected chi connectivity index (χ1v) is 7.73. The number of nitrogens with two attached hydrogens (primary N) is 1. The average Bonchev–Trinajstić information content (AvgIpc) is 2.85. The number of benzene rings is 1. The lowest BCUT2D eigenvalue weighted by Gasteiger charge is -2.20. The van der Waals surface area contributed by atoms with Crippen LogP contribution in [0.2, 0.25) is 0 Å². The number of hydrogen-bond donors (Lipinski definition) is 1. The van der Waals surface area contributed by atoms with Crippen LogP contribution in [0.1, 0.15) is 55.3 Å². The van der Waals surface area contributed by atoms with Crippen molar-refractivity contribution in [2.75, 3.05) is 0 Å². The molecule has 0 spiro atoms. The van der Waals surface area contributed by atoms with E-state index in [-0.39, 0.29) is 11.5 Å². The van der Waals surface area contributed by atoms with Crippen LogP contribution in [0.25, 0.3) is 0 Å². The molecule has 0 bridgehead atoms. The summed E-state index contributed by atoms with van der Waals surface area (Å²) in [7, 11) is 0. The zero-order chi connectivity index (χ0) is 14.0. The monoisotopic (exact) mass is 273 g/mol. The van der Waals surface area contributed by atoms with Gasteiger partial charge in [0, 0.05) is 4.88 Å². The van der Waals surface area contributed by atoms with Crippen LogP contribution < -0.4 is 5.73 Å². The van der Waals surface area contributed by atoms with Gasteiger partial charge in [-0.25, -0.2) is 0 Å². The van der Waals surface area contributed by atoms with Crippen LogP contribution in [-0.2, 0) is 11.8 Å². The second-order valence-corrected chi connectivity index (χ2v) is 6.96. The molecule has 0 aliphatic carbocycles. The standard InChI is InChI=1S/C17H23NS/c1-5-12-10-11-19-16(12)15(18)13-6-8-14(9-7-13)17(2,3)4/h6-11,15H,5,18H2,1-4H3. The van der Waals surface area contributed by atoms with Gasteiger partial charge in [0.25, 0.3) is 0 Å². The zero-order valence-electron chi connectivity index (χ0n) is 12.2. The van der Waals surface area contributed by atoms with E-state index in [0.717, 1.165) is 6.42 Å². The summed E-state index contributed by atoms with van der Waals surface area (Å²) in [6, 6.07) is 10.9. The fraction of sp³-hybridized carbons (Fsp3) is 0.412. The second kappa shape index (κ2) is 5.48. The average molecular weight is 273 g/mol. The molecule has 0 fully saturated rings. The van der Waals surface area contributed by atoms with Crippen LogP contribution in [0.4, 0.5) is 0 Å². The molecule has 19 heavy (non-hydrogen) atoms. The van der Waals surface area contributed by atoms with Crippen molar-refractivity contribution in [1.82, 2.24) is 0 Å². The number of thiophene rings is 1. The summed E-state index contributed by atoms with van der Waals surface area (Å²) in [4.78, 5) is 1.30. The van der Waals surface area contributed by atoms with E-state index in [0.29, 0.717) is 0 Å². The molecule has 2 heteroatoms. The fourth-order valence-electron chi connectivity index (χ4n) is 2.25. The van der Waals surface area contributed by atoms with Gasteiger partial charge in [-0.3, -0.25) is 0 Å². The Hall–Kier alpha value is -1.12. The van der Waals surface area contributed by atoms with Gasteiger partial charge in [-0.2, -0.15) is 0 Å². The van der Waals surface area contributed by atoms with E-state index < -0.39 is 0 Å². The van der Waals surface area contributed by atoms with E-state index in [2.05, 4.69) is 63.4 Å². The van der Waals surface area contributed by atoms with Crippen molar-refractivity contribution in [3.8, 4) is 0 Å². The lowest BCUT2D eigenvalue weighted by Crippen LogP contribution is -2.14. The van der Waals surface area contributed by atoms with Gasteiger partial charge in [-0.1, -0.05) is 52.0 Å². The van der Waals surface area contributed by atoms with E-state index in [9.17, 15) is 0 Å². The Bertz CT molecular complexity index is 531. The van der Waals surface area contributed by atoms with Crippen molar-refractivity contribution in [1.29, 1.82) is 0 Å². The summed E-state index contributed by atoms with van der Waals surface area (Å²) >= 11 is 1.76. The minimum Gasteiger partial charge on any atom is -0.320 e. The molecule has 2 aromatic rings. The lowest BCUT2D eigenvalue weighted by molar-refractivity contribution is 0.589. The van der Waals surface area contributed by atoms with Gasteiger partial charge in [-0.05, 0) is 40.0 Å². The minimum absolute atomic E-state index is 0.00367. The molecule has 1 aromatic carbocycles. The molecule has 0 radical (unpaired) electrons. The van der Waals surface area contributed by atoms with Crippen LogP contribution in [0, 0.1) is 0 Å². The van der Waals surface area contributed by atoms with Crippen molar-refractivity contribution in [3.05, 3.63) is 57.3 Å². The van der Waals surface area contributed by atoms with Gasteiger partial charge in [0.2, 0.25) is 0 Å². The molecule has 1 unspecified atom stereocenters. The molecule has 1 atom stereocenters. The summed E-state index contributed by atoms with van der Waals surface area (Å²) in [6.07, 6.45) is 1.05. The lowest BCUT2D eigenvalue weighted by atomic mass is 9.86. The molecule has 0 saturated heterocycles. The number of hydrogen-bond acceptors (Lipinski definition) is 2. The molecule has 2 rings (SSSR count). The maximum Gasteiger partial charge on any atom is 0.0648 e. The highest BCUT2D eigenvalue weighted by Crippen LogP contribution is 2.30. The van der Waals surface area contributed by atoms with E-state index >= 15 is 0 Å². The molecule has 0 amide bonds. The van der Waals surface area contributed by atoms with E-state index in [1.807, 2.05) is 0 Å². The highest BCUT2D eigenvalue weighted by Gasteiger charge is 2.16. The zero-order valence-corrected chi connectivity index (χ0v) is 13.1. The van der Waals surface area contributed by atoms with E-state index in [1.54, 1.807) is 11.3 Å². The highest BCUT2D eigenvalue weighted by atomic mass is 32.1. The Morgan fingerprint density at radius 3 is 2.26 bits per heavy atom. The molecule has 1 nitrogen and oxygen atoms in total. The summed E-state index contributed by atoms with van der Waals surface area (Å²) in [5.74, 6) is 0. The van der Waals surface area contributed by atoms with Crippen LogP contribution in [0.5, 0.6) is 0 Å². The summed E-state index contributed by atoms with van der Waals surface area (Å²) in [5, 5.41) is 2.14. The predicted molar refractivity (Wildman–Crippen MR) is 84.9 cm³/mol. The molecule has 1 aromatic heterocycles. The van der Waals surface area contributed by atoms with Gasteiger partial charge >= 0.3 is 0 Å². The van der Waals surface area contributed by atoms with Gasteiger partial charge in [0.05, 0.1) is 6.04 Å². The van der Waals surface area contributed by atoms with Crippen molar-refractivity contribution in [2.45, 2.75) is 45.6 Å². The largest absolute Gasteiger partial charge is 0.320 e. The Kier molecular flexibility index (Phi) is 4.12. The van der Waals surface area contributed by atoms with E-state index in [1.165, 1.54) is 21.6 Å². The van der Waals surface area contributed by atoms with Crippen molar-refractivity contribution in [2.24, 2.45) is 5.73 Å². The molecule has 102 valence electrons. The molecule has 0 aliphatic rings. The smallest absolute Gasteiger partial charge is 0.0648 e. The molecular weight excluding hydrogens is 250 g/mol. The predicted octanol–water partition coefficient (Wildman–Crippen LogP) is 4.66. The number of rotatable bonds is 3. The Morgan fingerprint density at radius 2 is 1.74 bits per heavy atom. The Labute approximate surface area is 120 Å². The topological polar surface area (TPSA) is 26.0 Å². The molecule has 0 saturated carbocycles. The second-order valence-electron chi connectivity index (χ2n) is 6.01. The molecule has 0 aliphatic heterocycles. The molecule has 1 heterocycles. The Balaban J connectivity index is 2.28. The first-order valence-electron chi connectivity index (χ1n) is 6.85. The SMILES string of the molecule is CCc1ccsc1C(N)c1ccc(C(C)(C)C)cc1. The summed E-state index contributed by atoms with van der Waals surface area (Å²) in [6.45, 7) is 8.88. The highest BCUT2D eigenvalue weighted by molar-refractivity contribution is 7.10.